The van der Waals surface area contributed by atoms with Gasteiger partial charge < -0.3 is 10.6 Å². The Morgan fingerprint density at radius 2 is 2.03 bits per heavy atom. The lowest BCUT2D eigenvalue weighted by Gasteiger charge is -2.26. The van der Waals surface area contributed by atoms with Gasteiger partial charge >= 0.3 is 0 Å². The molecular formula is C20H23F4N3OS. The first-order chi connectivity index (χ1) is 13.7. The van der Waals surface area contributed by atoms with Crippen LogP contribution in [0.15, 0.2) is 48.7 Å². The van der Waals surface area contributed by atoms with Crippen LogP contribution in [0.2, 0.25) is 0 Å². The van der Waals surface area contributed by atoms with Gasteiger partial charge in [0.15, 0.2) is 0 Å². The molecule has 1 aromatic rings. The van der Waals surface area contributed by atoms with Crippen molar-refractivity contribution in [2.75, 3.05) is 12.3 Å². The van der Waals surface area contributed by atoms with E-state index in [4.69, 9.17) is 5.73 Å². The topological polar surface area (TPSA) is 58.4 Å². The predicted octanol–water partition coefficient (Wildman–Crippen LogP) is 3.87. The third kappa shape index (κ3) is 6.11. The molecule has 158 valence electrons. The Hall–Kier alpha value is -2.26. The quantitative estimate of drug-likeness (QED) is 0.271. The third-order valence-electron chi connectivity index (χ3n) is 4.44. The summed E-state index contributed by atoms with van der Waals surface area (Å²) in [6, 6.07) is 1.03. The van der Waals surface area contributed by atoms with Crippen molar-refractivity contribution in [2.24, 2.45) is 5.73 Å². The highest BCUT2D eigenvalue weighted by Gasteiger charge is 2.54. The summed E-state index contributed by atoms with van der Waals surface area (Å²) in [5, 5.41) is 0. The summed E-state index contributed by atoms with van der Waals surface area (Å²) in [6.07, 6.45) is 4.96. The van der Waals surface area contributed by atoms with Crippen LogP contribution in [0.25, 0.3) is 5.57 Å². The monoisotopic (exact) mass is 429 g/mol. The number of hydrogen-bond donors (Lipinski definition) is 2. The molecule has 1 aromatic carbocycles. The van der Waals surface area contributed by atoms with Gasteiger partial charge in [-0.2, -0.15) is 0 Å². The second kappa shape index (κ2) is 9.98. The van der Waals surface area contributed by atoms with Crippen LogP contribution in [0, 0.1) is 11.6 Å². The van der Waals surface area contributed by atoms with Crippen molar-refractivity contribution >= 4 is 23.9 Å². The fraction of sp³-hybridized carbons (Fsp3) is 0.350. The molecule has 0 aromatic heterocycles. The second-order valence-corrected chi connectivity index (χ2v) is 7.72. The predicted molar refractivity (Wildman–Crippen MR) is 108 cm³/mol. The zero-order chi connectivity index (χ0) is 21.6. The molecule has 1 fully saturated rings. The number of likely N-dealkylation sites (tertiary alicyclic amines) is 1. The van der Waals surface area contributed by atoms with E-state index in [9.17, 15) is 22.4 Å². The molecule has 0 bridgehead atoms. The van der Waals surface area contributed by atoms with Crippen molar-refractivity contribution < 1.29 is 22.4 Å². The summed E-state index contributed by atoms with van der Waals surface area (Å²) in [5.74, 6) is -3.91. The van der Waals surface area contributed by atoms with Crippen molar-refractivity contribution in [3.63, 3.8) is 0 Å². The van der Waals surface area contributed by atoms with Gasteiger partial charge in [-0.05, 0) is 29.3 Å². The standard InChI is InChI=1S/C20H23F4N3OS/c1-3-29-26-19-18(27(12-28)11-20(19,23)24)10-17(25)6-4-5-13(2)14-7-15(21)9-16(22)8-14/h4-9,12,18-19,26H,2-3,10-11,25H2,1H3/b5-4-,17-6-. The molecule has 1 saturated heterocycles. The van der Waals surface area contributed by atoms with Crippen molar-refractivity contribution in [3.05, 3.63) is 65.9 Å². The van der Waals surface area contributed by atoms with Gasteiger partial charge in [0.2, 0.25) is 6.41 Å². The summed E-state index contributed by atoms with van der Waals surface area (Å²) in [7, 11) is 0. The number of rotatable bonds is 9. The van der Waals surface area contributed by atoms with E-state index in [-0.39, 0.29) is 17.7 Å². The Morgan fingerprint density at radius 3 is 2.62 bits per heavy atom. The number of carbonyl (C=O) groups is 1. The molecule has 4 nitrogen and oxygen atoms in total. The highest BCUT2D eigenvalue weighted by atomic mass is 32.2. The van der Waals surface area contributed by atoms with E-state index in [1.165, 1.54) is 18.2 Å². The fourth-order valence-corrected chi connectivity index (χ4v) is 3.73. The first-order valence-corrected chi connectivity index (χ1v) is 9.90. The van der Waals surface area contributed by atoms with Crippen molar-refractivity contribution in [3.8, 4) is 0 Å². The van der Waals surface area contributed by atoms with E-state index in [0.29, 0.717) is 17.7 Å². The van der Waals surface area contributed by atoms with Gasteiger partial charge in [0, 0.05) is 23.9 Å². The van der Waals surface area contributed by atoms with Crippen LogP contribution in [0.3, 0.4) is 0 Å². The molecule has 0 spiro atoms. The van der Waals surface area contributed by atoms with Crippen LogP contribution in [-0.2, 0) is 4.79 Å². The number of halogens is 4. The van der Waals surface area contributed by atoms with E-state index >= 15 is 0 Å². The van der Waals surface area contributed by atoms with E-state index in [2.05, 4.69) is 11.3 Å². The van der Waals surface area contributed by atoms with Crippen LogP contribution in [0.1, 0.15) is 18.9 Å². The maximum atomic E-state index is 14.3. The molecule has 2 rings (SSSR count). The maximum Gasteiger partial charge on any atom is 0.283 e. The number of hydrogen-bond acceptors (Lipinski definition) is 4. The van der Waals surface area contributed by atoms with Crippen LogP contribution in [-0.4, -0.2) is 41.6 Å². The summed E-state index contributed by atoms with van der Waals surface area (Å²) < 4.78 is 57.8. The molecule has 29 heavy (non-hydrogen) atoms. The first-order valence-electron chi connectivity index (χ1n) is 8.92. The lowest BCUT2D eigenvalue weighted by atomic mass is 10.0. The highest BCUT2D eigenvalue weighted by molar-refractivity contribution is 7.97. The maximum absolute atomic E-state index is 14.3. The lowest BCUT2D eigenvalue weighted by Crippen LogP contribution is -2.46. The minimum Gasteiger partial charge on any atom is -0.402 e. The summed E-state index contributed by atoms with van der Waals surface area (Å²) >= 11 is 1.15. The van der Waals surface area contributed by atoms with Gasteiger partial charge in [0.25, 0.3) is 5.92 Å². The molecule has 2 unspecified atom stereocenters. The number of nitrogens with two attached hydrogens (primary N) is 1. The Balaban J connectivity index is 2.09. The Bertz CT molecular complexity index is 793. The molecule has 1 heterocycles. The summed E-state index contributed by atoms with van der Waals surface area (Å²) in [6.45, 7) is 4.90. The number of carbonyl (C=O) groups excluding carboxylic acids is 1. The van der Waals surface area contributed by atoms with Gasteiger partial charge in [-0.25, -0.2) is 17.6 Å². The van der Waals surface area contributed by atoms with E-state index in [1.54, 1.807) is 0 Å². The minimum atomic E-state index is -3.07. The molecule has 1 amide bonds. The molecular weight excluding hydrogens is 406 g/mol. The number of nitrogens with zero attached hydrogens (tertiary/aromatic N) is 1. The number of amides is 1. The van der Waals surface area contributed by atoms with Crippen LogP contribution in [0.5, 0.6) is 0 Å². The molecule has 3 N–H and O–H groups in total. The number of alkyl halides is 2. The summed E-state index contributed by atoms with van der Waals surface area (Å²) in [4.78, 5) is 12.3. The average molecular weight is 429 g/mol. The molecule has 1 aliphatic heterocycles. The van der Waals surface area contributed by atoms with Gasteiger partial charge in [-0.3, -0.25) is 9.52 Å². The van der Waals surface area contributed by atoms with Crippen LogP contribution >= 0.6 is 11.9 Å². The molecule has 0 aliphatic carbocycles. The Labute approximate surface area is 171 Å². The molecule has 9 heteroatoms. The van der Waals surface area contributed by atoms with Crippen molar-refractivity contribution in [1.29, 1.82) is 0 Å². The van der Waals surface area contributed by atoms with Gasteiger partial charge in [-0.15, -0.1) is 0 Å². The zero-order valence-electron chi connectivity index (χ0n) is 15.9. The second-order valence-electron chi connectivity index (χ2n) is 6.62. The molecule has 1 aliphatic rings. The van der Waals surface area contributed by atoms with Crippen LogP contribution < -0.4 is 10.5 Å². The largest absolute Gasteiger partial charge is 0.402 e. The lowest BCUT2D eigenvalue weighted by molar-refractivity contribution is -0.120. The molecule has 0 radical (unpaired) electrons. The average Bonchev–Trinajstić information content (AvgIpc) is 2.88. The molecule has 2 atom stereocenters. The number of allylic oxidation sites excluding steroid dienone is 4. The van der Waals surface area contributed by atoms with E-state index < -0.39 is 36.2 Å². The third-order valence-corrected chi connectivity index (χ3v) is 5.14. The highest BCUT2D eigenvalue weighted by Crippen LogP contribution is 2.35. The fourth-order valence-electron chi connectivity index (χ4n) is 3.05. The Kier molecular flexibility index (Phi) is 7.92. The summed E-state index contributed by atoms with van der Waals surface area (Å²) in [5.41, 5.74) is 6.87. The van der Waals surface area contributed by atoms with Crippen molar-refractivity contribution in [1.82, 2.24) is 9.62 Å². The smallest absolute Gasteiger partial charge is 0.283 e. The first kappa shape index (κ1) is 23.0. The van der Waals surface area contributed by atoms with E-state index in [1.807, 2.05) is 6.92 Å². The number of benzene rings is 1. The number of nitrogens with one attached hydrogen (secondary N) is 1. The zero-order valence-corrected chi connectivity index (χ0v) is 16.7. The van der Waals surface area contributed by atoms with Crippen LogP contribution in [0.4, 0.5) is 17.6 Å². The molecule has 0 saturated carbocycles. The van der Waals surface area contributed by atoms with Gasteiger partial charge in [-0.1, -0.05) is 37.6 Å². The Morgan fingerprint density at radius 1 is 1.38 bits per heavy atom. The normalized spacial score (nSPS) is 21.7. The minimum absolute atomic E-state index is 0.0433. The van der Waals surface area contributed by atoms with E-state index in [0.717, 1.165) is 35.0 Å². The van der Waals surface area contributed by atoms with Crippen molar-refractivity contribution in [2.45, 2.75) is 31.4 Å². The SMILES string of the molecule is C=C(/C=C\C=C(/N)CC1C(NSCC)C(F)(F)CN1C=O)c1cc(F)cc(F)c1. The van der Waals surface area contributed by atoms with Gasteiger partial charge in [0.05, 0.1) is 12.6 Å². The van der Waals surface area contributed by atoms with Gasteiger partial charge in [0.1, 0.15) is 17.7 Å².